The Morgan fingerprint density at radius 1 is 1.63 bits per heavy atom. The maximum atomic E-state index is 11.7. The summed E-state index contributed by atoms with van der Waals surface area (Å²) in [6.07, 6.45) is 6.74. The van der Waals surface area contributed by atoms with Gasteiger partial charge in [-0.05, 0) is 19.3 Å². The summed E-state index contributed by atoms with van der Waals surface area (Å²) in [5.74, 6) is 0.723. The van der Waals surface area contributed by atoms with Crippen molar-refractivity contribution in [3.8, 4) is 0 Å². The largest absolute Gasteiger partial charge is 0.349 e. The number of rotatable bonds is 4. The van der Waals surface area contributed by atoms with E-state index in [-0.39, 0.29) is 11.9 Å². The maximum absolute atomic E-state index is 11.7. The van der Waals surface area contributed by atoms with Crippen molar-refractivity contribution in [3.05, 3.63) is 30.1 Å². The Kier molecular flexibility index (Phi) is 4.14. The Balaban J connectivity index is 2.19. The zero-order valence-electron chi connectivity index (χ0n) is 11.5. The van der Waals surface area contributed by atoms with E-state index >= 15 is 0 Å². The second-order valence-corrected chi connectivity index (χ2v) is 4.97. The van der Waals surface area contributed by atoms with Crippen LogP contribution in [0.1, 0.15) is 36.6 Å². The number of carbonyl (C=O) groups excluding carboxylic acids is 1. The summed E-state index contributed by atoms with van der Waals surface area (Å²) in [6.45, 7) is 3.58. The lowest BCUT2D eigenvalue weighted by Gasteiger charge is -2.26. The van der Waals surface area contributed by atoms with E-state index in [9.17, 15) is 4.79 Å². The van der Waals surface area contributed by atoms with Crippen molar-refractivity contribution >= 4 is 11.9 Å². The number of nitrogens with zero attached hydrogens (tertiary/aromatic N) is 3. The number of fused-ring (bicyclic) bond motifs is 1. The average Bonchev–Trinajstić information content (AvgIpc) is 2.38. The van der Waals surface area contributed by atoms with Crippen molar-refractivity contribution in [2.75, 3.05) is 19.0 Å². The summed E-state index contributed by atoms with van der Waals surface area (Å²) in [5, 5.41) is 3.02. The van der Waals surface area contributed by atoms with Crippen molar-refractivity contribution < 1.29 is 4.79 Å². The zero-order valence-corrected chi connectivity index (χ0v) is 11.5. The van der Waals surface area contributed by atoms with Gasteiger partial charge >= 0.3 is 0 Å². The predicted octanol–water partition coefficient (Wildman–Crippen LogP) is 1.61. The molecular weight excluding hydrogens is 240 g/mol. The molecule has 1 aliphatic carbocycles. The van der Waals surface area contributed by atoms with Gasteiger partial charge in [0.25, 0.3) is 0 Å². The van der Waals surface area contributed by atoms with Crippen molar-refractivity contribution in [1.29, 1.82) is 0 Å². The van der Waals surface area contributed by atoms with Crippen LogP contribution >= 0.6 is 0 Å². The van der Waals surface area contributed by atoms with Gasteiger partial charge < -0.3 is 10.2 Å². The van der Waals surface area contributed by atoms with E-state index in [0.29, 0.717) is 6.42 Å². The molecule has 0 aliphatic heterocycles. The van der Waals surface area contributed by atoms with Gasteiger partial charge in [-0.3, -0.25) is 4.79 Å². The fourth-order valence-corrected chi connectivity index (χ4v) is 2.29. The zero-order chi connectivity index (χ0) is 13.8. The van der Waals surface area contributed by atoms with Crippen LogP contribution in [0.5, 0.6) is 0 Å². The quantitative estimate of drug-likeness (QED) is 0.836. The van der Waals surface area contributed by atoms with Crippen LogP contribution in [0.15, 0.2) is 18.9 Å². The number of nitrogens with one attached hydrogen (secondary N) is 1. The van der Waals surface area contributed by atoms with E-state index < -0.39 is 0 Å². The van der Waals surface area contributed by atoms with Crippen LogP contribution in [0, 0.1) is 0 Å². The van der Waals surface area contributed by atoms with Crippen LogP contribution in [0.3, 0.4) is 0 Å². The SMILES string of the molecule is C=CCC(=O)N[C@H]1CCCc2nc(N(C)C)ncc21. The Hall–Kier alpha value is -1.91. The molecule has 0 radical (unpaired) electrons. The van der Waals surface area contributed by atoms with E-state index in [1.54, 1.807) is 6.08 Å². The van der Waals surface area contributed by atoms with Crippen molar-refractivity contribution in [3.63, 3.8) is 0 Å². The van der Waals surface area contributed by atoms with Gasteiger partial charge in [-0.25, -0.2) is 9.97 Å². The third-order valence-electron chi connectivity index (χ3n) is 3.23. The summed E-state index contributed by atoms with van der Waals surface area (Å²) in [7, 11) is 3.85. The molecule has 19 heavy (non-hydrogen) atoms. The van der Waals surface area contributed by atoms with E-state index in [4.69, 9.17) is 0 Å². The standard InChI is InChI=1S/C14H20N4O/c1-4-6-13(19)16-11-7-5-8-12-10(11)9-15-14(17-12)18(2)3/h4,9,11H,1,5-8H2,2-3H3,(H,16,19)/t11-/m0/s1. The van der Waals surface area contributed by atoms with Crippen molar-refractivity contribution in [2.45, 2.75) is 31.7 Å². The topological polar surface area (TPSA) is 58.1 Å². The van der Waals surface area contributed by atoms with Gasteiger partial charge in [0.05, 0.1) is 11.7 Å². The van der Waals surface area contributed by atoms with Gasteiger partial charge in [0.2, 0.25) is 11.9 Å². The van der Waals surface area contributed by atoms with Crippen LogP contribution in [0.4, 0.5) is 5.95 Å². The Labute approximate surface area is 113 Å². The molecule has 5 heteroatoms. The average molecular weight is 260 g/mol. The first-order valence-electron chi connectivity index (χ1n) is 6.55. The van der Waals surface area contributed by atoms with E-state index in [2.05, 4.69) is 21.9 Å². The number of hydrogen-bond donors (Lipinski definition) is 1. The number of aryl methyl sites for hydroxylation is 1. The van der Waals surface area contributed by atoms with Crippen molar-refractivity contribution in [1.82, 2.24) is 15.3 Å². The number of hydrogen-bond acceptors (Lipinski definition) is 4. The minimum atomic E-state index is 0.00420. The third kappa shape index (κ3) is 3.10. The highest BCUT2D eigenvalue weighted by atomic mass is 16.1. The number of aromatic nitrogens is 2. The van der Waals surface area contributed by atoms with E-state index in [1.807, 2.05) is 25.2 Å². The molecule has 5 nitrogen and oxygen atoms in total. The normalized spacial score (nSPS) is 17.5. The molecule has 102 valence electrons. The first-order chi connectivity index (χ1) is 9.11. The Morgan fingerprint density at radius 2 is 2.42 bits per heavy atom. The highest BCUT2D eigenvalue weighted by Crippen LogP contribution is 2.28. The molecule has 1 atom stereocenters. The lowest BCUT2D eigenvalue weighted by Crippen LogP contribution is -2.31. The summed E-state index contributed by atoms with van der Waals surface area (Å²) >= 11 is 0. The minimum absolute atomic E-state index is 0.00420. The number of amides is 1. The molecule has 1 heterocycles. The van der Waals surface area contributed by atoms with Gasteiger partial charge in [-0.15, -0.1) is 6.58 Å². The van der Waals surface area contributed by atoms with Gasteiger partial charge in [0.15, 0.2) is 0 Å². The molecule has 0 spiro atoms. The molecule has 0 bridgehead atoms. The maximum Gasteiger partial charge on any atom is 0.225 e. The third-order valence-corrected chi connectivity index (χ3v) is 3.23. The molecule has 0 fully saturated rings. The predicted molar refractivity (Wildman–Crippen MR) is 75.0 cm³/mol. The second-order valence-electron chi connectivity index (χ2n) is 4.97. The molecule has 0 saturated carbocycles. The van der Waals surface area contributed by atoms with Gasteiger partial charge in [0.1, 0.15) is 0 Å². The molecule has 1 aromatic rings. The summed E-state index contributed by atoms with van der Waals surface area (Å²) in [6, 6.07) is 0.0346. The molecule has 2 rings (SSSR count). The highest BCUT2D eigenvalue weighted by Gasteiger charge is 2.23. The first-order valence-corrected chi connectivity index (χ1v) is 6.55. The summed E-state index contributed by atoms with van der Waals surface area (Å²) in [5.41, 5.74) is 2.10. The fourth-order valence-electron chi connectivity index (χ4n) is 2.29. The van der Waals surface area contributed by atoms with Crippen LogP contribution in [0.25, 0.3) is 0 Å². The van der Waals surface area contributed by atoms with Crippen LogP contribution in [-0.4, -0.2) is 30.0 Å². The lowest BCUT2D eigenvalue weighted by atomic mass is 9.92. The Morgan fingerprint density at radius 3 is 3.11 bits per heavy atom. The molecule has 0 aromatic carbocycles. The molecule has 1 aliphatic rings. The summed E-state index contributed by atoms with van der Waals surface area (Å²) < 4.78 is 0. The van der Waals surface area contributed by atoms with Crippen LogP contribution in [0.2, 0.25) is 0 Å². The highest BCUT2D eigenvalue weighted by molar-refractivity contribution is 5.77. The molecule has 1 N–H and O–H groups in total. The minimum Gasteiger partial charge on any atom is -0.349 e. The van der Waals surface area contributed by atoms with E-state index in [1.165, 1.54) is 0 Å². The molecule has 0 saturated heterocycles. The number of carbonyl (C=O) groups is 1. The van der Waals surface area contributed by atoms with Crippen LogP contribution in [-0.2, 0) is 11.2 Å². The summed E-state index contributed by atoms with van der Waals surface area (Å²) in [4.78, 5) is 22.5. The first kappa shape index (κ1) is 13.5. The van der Waals surface area contributed by atoms with Gasteiger partial charge in [-0.1, -0.05) is 6.08 Å². The second kappa shape index (κ2) is 5.82. The lowest BCUT2D eigenvalue weighted by molar-refractivity contribution is -0.121. The van der Waals surface area contributed by atoms with Crippen molar-refractivity contribution in [2.24, 2.45) is 0 Å². The molecule has 0 unspecified atom stereocenters. The molecular formula is C14H20N4O. The monoisotopic (exact) mass is 260 g/mol. The van der Waals surface area contributed by atoms with E-state index in [0.717, 1.165) is 36.5 Å². The smallest absolute Gasteiger partial charge is 0.225 e. The molecule has 1 amide bonds. The Bertz CT molecular complexity index is 484. The number of anilines is 1. The van der Waals surface area contributed by atoms with Crippen LogP contribution < -0.4 is 10.2 Å². The fraction of sp³-hybridized carbons (Fsp3) is 0.500. The molecule has 1 aromatic heterocycles. The van der Waals surface area contributed by atoms with Gasteiger partial charge in [0, 0.05) is 32.3 Å². The van der Waals surface area contributed by atoms with Gasteiger partial charge in [-0.2, -0.15) is 0 Å².